The van der Waals surface area contributed by atoms with Gasteiger partial charge >= 0.3 is 5.97 Å². The number of rotatable bonds is 4. The van der Waals surface area contributed by atoms with Crippen molar-refractivity contribution in [1.82, 2.24) is 4.57 Å². The molecule has 0 atom stereocenters. The second kappa shape index (κ2) is 6.76. The van der Waals surface area contributed by atoms with Gasteiger partial charge in [-0.1, -0.05) is 0 Å². The van der Waals surface area contributed by atoms with Gasteiger partial charge in [-0.05, 0) is 42.0 Å². The van der Waals surface area contributed by atoms with E-state index in [1.54, 1.807) is 6.07 Å². The lowest BCUT2D eigenvalue weighted by molar-refractivity contribution is -0.132. The van der Waals surface area contributed by atoms with E-state index >= 15 is 0 Å². The smallest absolute Gasteiger partial charge is 0.346 e. The second-order valence-corrected chi connectivity index (χ2v) is 5.63. The van der Waals surface area contributed by atoms with E-state index in [4.69, 9.17) is 10.4 Å². The number of hydrogen-bond acceptors (Lipinski definition) is 2. The minimum Gasteiger partial charge on any atom is -0.477 e. The van der Waals surface area contributed by atoms with E-state index in [0.717, 1.165) is 18.2 Å². The van der Waals surface area contributed by atoms with Crippen LogP contribution in [0.25, 0.3) is 17.0 Å². The van der Waals surface area contributed by atoms with Gasteiger partial charge in [0.2, 0.25) is 0 Å². The number of carboxylic acid groups (broad SMARTS) is 1. The summed E-state index contributed by atoms with van der Waals surface area (Å²) in [6, 6.07) is 8.53. The van der Waals surface area contributed by atoms with E-state index in [-0.39, 0.29) is 6.54 Å². The summed E-state index contributed by atoms with van der Waals surface area (Å²) in [5.41, 5.74) is 0.627. The summed E-state index contributed by atoms with van der Waals surface area (Å²) in [5, 5.41) is 18.5. The SMILES string of the molecule is N#C/C(=C\c1cn(Cc2cc(F)cc(F)c2)c2cc(F)ccc12)C(=O)O. The zero-order chi connectivity index (χ0) is 18.8. The largest absolute Gasteiger partial charge is 0.477 e. The summed E-state index contributed by atoms with van der Waals surface area (Å²) in [6.07, 6.45) is 2.68. The second-order valence-electron chi connectivity index (χ2n) is 5.63. The molecule has 0 unspecified atom stereocenters. The quantitative estimate of drug-likeness (QED) is 0.565. The van der Waals surface area contributed by atoms with Crippen LogP contribution in [0.15, 0.2) is 48.2 Å². The number of hydrogen-bond donors (Lipinski definition) is 1. The number of carbonyl (C=O) groups is 1. The minimum atomic E-state index is -1.39. The number of aromatic nitrogens is 1. The first-order chi connectivity index (χ1) is 12.4. The van der Waals surface area contributed by atoms with Crippen molar-refractivity contribution < 1.29 is 23.1 Å². The molecule has 0 spiro atoms. The van der Waals surface area contributed by atoms with Crippen LogP contribution in [0.5, 0.6) is 0 Å². The molecule has 130 valence electrons. The normalized spacial score (nSPS) is 11.5. The number of nitriles is 1. The van der Waals surface area contributed by atoms with Crippen molar-refractivity contribution in [2.45, 2.75) is 6.54 Å². The first-order valence-corrected chi connectivity index (χ1v) is 7.46. The van der Waals surface area contributed by atoms with Gasteiger partial charge in [-0.2, -0.15) is 5.26 Å². The van der Waals surface area contributed by atoms with E-state index in [1.807, 2.05) is 0 Å². The van der Waals surface area contributed by atoms with Crippen LogP contribution in [0.2, 0.25) is 0 Å². The first-order valence-electron chi connectivity index (χ1n) is 7.46. The predicted octanol–water partition coefficient (Wildman–Crippen LogP) is 4.10. The molecule has 26 heavy (non-hydrogen) atoms. The fourth-order valence-corrected chi connectivity index (χ4v) is 2.74. The fourth-order valence-electron chi connectivity index (χ4n) is 2.74. The Morgan fingerprint density at radius 3 is 2.42 bits per heavy atom. The minimum absolute atomic E-state index is 0.0391. The maximum absolute atomic E-state index is 13.7. The Morgan fingerprint density at radius 1 is 1.12 bits per heavy atom. The number of carboxylic acids is 1. The molecule has 2 aromatic carbocycles. The maximum atomic E-state index is 13.7. The Labute approximate surface area is 146 Å². The molecule has 0 saturated carbocycles. The van der Waals surface area contributed by atoms with Crippen molar-refractivity contribution >= 4 is 22.9 Å². The highest BCUT2D eigenvalue weighted by molar-refractivity contribution is 6.00. The number of fused-ring (bicyclic) bond motifs is 1. The van der Waals surface area contributed by atoms with Crippen molar-refractivity contribution in [2.24, 2.45) is 0 Å². The van der Waals surface area contributed by atoms with Gasteiger partial charge in [0.05, 0.1) is 5.52 Å². The van der Waals surface area contributed by atoms with Crippen LogP contribution < -0.4 is 0 Å². The average Bonchev–Trinajstić information content (AvgIpc) is 2.88. The zero-order valence-electron chi connectivity index (χ0n) is 13.2. The molecule has 7 heteroatoms. The van der Waals surface area contributed by atoms with Crippen molar-refractivity contribution in [2.75, 3.05) is 0 Å². The van der Waals surface area contributed by atoms with Crippen LogP contribution in [0.1, 0.15) is 11.1 Å². The standard InChI is InChI=1S/C19H11F3N2O2/c20-14-1-2-17-13(5-12(8-23)19(25)26)10-24(18(17)7-14)9-11-3-15(21)6-16(22)4-11/h1-7,10H,9H2,(H,25,26)/b12-5+. The molecule has 0 amide bonds. The molecular formula is C19H11F3N2O2. The van der Waals surface area contributed by atoms with Crippen LogP contribution in [0.3, 0.4) is 0 Å². The molecule has 1 heterocycles. The Hall–Kier alpha value is -3.53. The first kappa shape index (κ1) is 17.3. The lowest BCUT2D eigenvalue weighted by Gasteiger charge is -2.06. The van der Waals surface area contributed by atoms with Gasteiger partial charge in [-0.15, -0.1) is 0 Å². The molecule has 1 aromatic heterocycles. The van der Waals surface area contributed by atoms with Gasteiger partial charge in [0.25, 0.3) is 0 Å². The van der Waals surface area contributed by atoms with Gasteiger partial charge in [-0.25, -0.2) is 18.0 Å². The van der Waals surface area contributed by atoms with E-state index in [9.17, 15) is 18.0 Å². The molecule has 0 saturated heterocycles. The summed E-state index contributed by atoms with van der Waals surface area (Å²) >= 11 is 0. The van der Waals surface area contributed by atoms with Crippen LogP contribution in [0, 0.1) is 28.8 Å². The lowest BCUT2D eigenvalue weighted by Crippen LogP contribution is -1.99. The number of benzene rings is 2. The van der Waals surface area contributed by atoms with Crippen LogP contribution in [0.4, 0.5) is 13.2 Å². The third-order valence-corrected chi connectivity index (χ3v) is 3.80. The van der Waals surface area contributed by atoms with Crippen LogP contribution in [-0.2, 0) is 11.3 Å². The van der Waals surface area contributed by atoms with E-state index < -0.39 is 29.0 Å². The number of halogens is 3. The van der Waals surface area contributed by atoms with Crippen LogP contribution in [-0.4, -0.2) is 15.6 Å². The van der Waals surface area contributed by atoms with Gasteiger partial charge in [-0.3, -0.25) is 0 Å². The van der Waals surface area contributed by atoms with E-state index in [2.05, 4.69) is 0 Å². The number of nitrogens with zero attached hydrogens (tertiary/aromatic N) is 2. The van der Waals surface area contributed by atoms with Crippen molar-refractivity contribution in [3.8, 4) is 6.07 Å². The molecular weight excluding hydrogens is 345 g/mol. The molecule has 0 aliphatic rings. The Morgan fingerprint density at radius 2 is 1.81 bits per heavy atom. The third-order valence-electron chi connectivity index (χ3n) is 3.80. The highest BCUT2D eigenvalue weighted by Gasteiger charge is 2.13. The highest BCUT2D eigenvalue weighted by Crippen LogP contribution is 2.26. The van der Waals surface area contributed by atoms with Crippen molar-refractivity contribution in [3.63, 3.8) is 0 Å². The molecule has 3 aromatic rings. The van der Waals surface area contributed by atoms with Gasteiger partial charge < -0.3 is 9.67 Å². The van der Waals surface area contributed by atoms with Crippen molar-refractivity contribution in [1.29, 1.82) is 5.26 Å². The van der Waals surface area contributed by atoms with E-state index in [1.165, 1.54) is 35.0 Å². The van der Waals surface area contributed by atoms with Crippen molar-refractivity contribution in [3.05, 3.63) is 76.7 Å². The zero-order valence-corrected chi connectivity index (χ0v) is 13.2. The maximum Gasteiger partial charge on any atom is 0.346 e. The highest BCUT2D eigenvalue weighted by atomic mass is 19.1. The Bertz CT molecular complexity index is 1070. The Balaban J connectivity index is 2.15. The summed E-state index contributed by atoms with van der Waals surface area (Å²) < 4.78 is 42.0. The molecule has 0 radical (unpaired) electrons. The molecule has 0 aliphatic carbocycles. The molecule has 0 fully saturated rings. The lowest BCUT2D eigenvalue weighted by atomic mass is 10.1. The van der Waals surface area contributed by atoms with E-state index in [0.29, 0.717) is 22.0 Å². The third kappa shape index (κ3) is 3.44. The van der Waals surface area contributed by atoms with Gasteiger partial charge in [0, 0.05) is 29.8 Å². The average molecular weight is 356 g/mol. The van der Waals surface area contributed by atoms with Crippen LogP contribution >= 0.6 is 0 Å². The fraction of sp³-hybridized carbons (Fsp3) is 0.0526. The molecule has 0 bridgehead atoms. The topological polar surface area (TPSA) is 66.0 Å². The summed E-state index contributed by atoms with van der Waals surface area (Å²) in [7, 11) is 0. The monoisotopic (exact) mass is 356 g/mol. The molecule has 0 aliphatic heterocycles. The predicted molar refractivity (Wildman–Crippen MR) is 88.6 cm³/mol. The molecule has 4 nitrogen and oxygen atoms in total. The number of aliphatic carboxylic acids is 1. The summed E-state index contributed by atoms with van der Waals surface area (Å²) in [4.78, 5) is 11.1. The summed E-state index contributed by atoms with van der Waals surface area (Å²) in [5.74, 6) is -3.37. The summed E-state index contributed by atoms with van der Waals surface area (Å²) in [6.45, 7) is 0.0391. The molecule has 1 N–H and O–H groups in total. The molecule has 3 rings (SSSR count). The van der Waals surface area contributed by atoms with Gasteiger partial charge in [0.1, 0.15) is 29.1 Å². The van der Waals surface area contributed by atoms with Gasteiger partial charge in [0.15, 0.2) is 0 Å². The Kier molecular flexibility index (Phi) is 4.50.